The van der Waals surface area contributed by atoms with E-state index < -0.39 is 33.8 Å². The summed E-state index contributed by atoms with van der Waals surface area (Å²) in [5.74, 6) is -1.18. The molecular weight excluding hydrogens is 481 g/mol. The first-order valence-electron chi connectivity index (χ1n) is 9.22. The topological polar surface area (TPSA) is 121 Å². The van der Waals surface area contributed by atoms with Crippen LogP contribution in [0.15, 0.2) is 71.8 Å². The maximum absolute atomic E-state index is 12.8. The van der Waals surface area contributed by atoms with Gasteiger partial charge in [0.05, 0.1) is 23.1 Å². The molecule has 0 aliphatic rings. The Balaban J connectivity index is 1.68. The molecule has 34 heavy (non-hydrogen) atoms. The van der Waals surface area contributed by atoms with Crippen molar-refractivity contribution in [3.05, 3.63) is 78.0 Å². The van der Waals surface area contributed by atoms with Crippen LogP contribution in [0.4, 0.5) is 18.0 Å². The zero-order chi connectivity index (χ0) is 24.9. The number of amides is 1. The summed E-state index contributed by atoms with van der Waals surface area (Å²) >= 11 is 0. The van der Waals surface area contributed by atoms with Gasteiger partial charge in [0.15, 0.2) is 0 Å². The molecule has 0 fully saturated rings. The molecule has 0 bridgehead atoms. The largest absolute Gasteiger partial charge is 0.514 e. The van der Waals surface area contributed by atoms with Crippen LogP contribution in [0.2, 0.25) is 0 Å². The number of halogens is 3. The smallest absolute Gasteiger partial charge is 0.457 e. The second-order valence-electron chi connectivity index (χ2n) is 6.47. The molecule has 1 N–H and O–H groups in total. The zero-order valence-electron chi connectivity index (χ0n) is 17.2. The molecule has 1 aromatic heterocycles. The Bertz CT molecular complexity index is 1290. The number of carbonyl (C=O) groups excluding carboxylic acids is 2. The van der Waals surface area contributed by atoms with Gasteiger partial charge in [-0.05, 0) is 48.5 Å². The summed E-state index contributed by atoms with van der Waals surface area (Å²) in [6, 6.07) is 11.2. The number of carbonyl (C=O) groups is 2. The van der Waals surface area contributed by atoms with Crippen molar-refractivity contribution in [2.45, 2.75) is 11.1 Å². The van der Waals surface area contributed by atoms with Gasteiger partial charge >= 0.3 is 12.3 Å². The Morgan fingerprint density at radius 3 is 2.26 bits per heavy atom. The van der Waals surface area contributed by atoms with Gasteiger partial charge in [0, 0.05) is 12.3 Å². The molecule has 0 radical (unpaired) electrons. The number of benzene rings is 2. The van der Waals surface area contributed by atoms with Crippen molar-refractivity contribution in [3.63, 3.8) is 0 Å². The highest BCUT2D eigenvalue weighted by atomic mass is 32.2. The van der Waals surface area contributed by atoms with Crippen molar-refractivity contribution < 1.29 is 45.4 Å². The number of methoxy groups -OCH3 is 1. The van der Waals surface area contributed by atoms with Gasteiger partial charge in [-0.3, -0.25) is 4.79 Å². The molecule has 2 aromatic carbocycles. The number of hydrogen-bond donors (Lipinski definition) is 1. The normalized spacial score (nSPS) is 11.4. The van der Waals surface area contributed by atoms with Gasteiger partial charge < -0.3 is 14.2 Å². The van der Waals surface area contributed by atoms with Crippen LogP contribution in [0.3, 0.4) is 0 Å². The second kappa shape index (κ2) is 9.79. The molecule has 3 aromatic rings. The fraction of sp³-hybridized carbons (Fsp3) is 0.0952. The van der Waals surface area contributed by atoms with Crippen LogP contribution in [0.25, 0.3) is 0 Å². The maximum atomic E-state index is 12.8. The Morgan fingerprint density at radius 2 is 1.68 bits per heavy atom. The number of rotatable bonds is 6. The van der Waals surface area contributed by atoms with Crippen LogP contribution < -0.4 is 14.2 Å². The SMILES string of the molecule is COC(=O)Oc1ccc(C(=O)NS(=O)(=O)c2ccc(Oc3cccc(C(F)(F)F)c3)cc2)cn1. The third-order valence-corrected chi connectivity index (χ3v) is 5.46. The van der Waals surface area contributed by atoms with E-state index in [1.165, 1.54) is 36.4 Å². The Labute approximate surface area is 191 Å². The summed E-state index contributed by atoms with van der Waals surface area (Å²) in [6.07, 6.45) is -4.57. The zero-order valence-corrected chi connectivity index (χ0v) is 18.0. The molecule has 0 unspecified atom stereocenters. The molecule has 9 nitrogen and oxygen atoms in total. The molecule has 1 amide bonds. The van der Waals surface area contributed by atoms with Crippen molar-refractivity contribution in [1.82, 2.24) is 9.71 Å². The van der Waals surface area contributed by atoms with Gasteiger partial charge in [-0.1, -0.05) is 6.07 Å². The molecule has 1 heterocycles. The van der Waals surface area contributed by atoms with Crippen LogP contribution >= 0.6 is 0 Å². The monoisotopic (exact) mass is 496 g/mol. The van der Waals surface area contributed by atoms with Crippen LogP contribution in [-0.2, 0) is 20.9 Å². The maximum Gasteiger partial charge on any atom is 0.514 e. The van der Waals surface area contributed by atoms with Gasteiger partial charge in [0.2, 0.25) is 5.88 Å². The predicted molar refractivity (Wildman–Crippen MR) is 110 cm³/mol. The van der Waals surface area contributed by atoms with Crippen LogP contribution in [0, 0.1) is 0 Å². The van der Waals surface area contributed by atoms with Crippen molar-refractivity contribution in [1.29, 1.82) is 0 Å². The summed E-state index contributed by atoms with van der Waals surface area (Å²) in [6.45, 7) is 0. The fourth-order valence-corrected chi connectivity index (χ4v) is 3.47. The highest BCUT2D eigenvalue weighted by Gasteiger charge is 2.30. The first kappa shape index (κ1) is 24.5. The Morgan fingerprint density at radius 1 is 0.971 bits per heavy atom. The summed E-state index contributed by atoms with van der Waals surface area (Å²) < 4.78 is 79.6. The van der Waals surface area contributed by atoms with E-state index in [-0.39, 0.29) is 27.8 Å². The third kappa shape index (κ3) is 6.22. The molecule has 0 aliphatic heterocycles. The number of sulfonamides is 1. The minimum absolute atomic E-state index is 0.0787. The molecule has 178 valence electrons. The highest BCUT2D eigenvalue weighted by Crippen LogP contribution is 2.32. The van der Waals surface area contributed by atoms with Crippen LogP contribution in [-0.4, -0.2) is 32.6 Å². The van der Waals surface area contributed by atoms with Crippen LogP contribution in [0.1, 0.15) is 15.9 Å². The molecule has 0 saturated carbocycles. The van der Waals surface area contributed by atoms with Crippen molar-refractivity contribution in [2.75, 3.05) is 7.11 Å². The first-order chi connectivity index (χ1) is 16.0. The lowest BCUT2D eigenvalue weighted by Gasteiger charge is -2.11. The average Bonchev–Trinajstić information content (AvgIpc) is 2.79. The van der Waals surface area contributed by atoms with Gasteiger partial charge in [-0.15, -0.1) is 0 Å². The summed E-state index contributed by atoms with van der Waals surface area (Å²) in [4.78, 5) is 26.7. The van der Waals surface area contributed by atoms with E-state index in [0.29, 0.717) is 0 Å². The molecular formula is C21H15F3N2O7S. The molecule has 0 saturated heterocycles. The third-order valence-electron chi connectivity index (χ3n) is 4.11. The van der Waals surface area contributed by atoms with Gasteiger partial charge in [-0.2, -0.15) is 13.2 Å². The van der Waals surface area contributed by atoms with Crippen molar-refractivity contribution in [2.24, 2.45) is 0 Å². The van der Waals surface area contributed by atoms with E-state index in [1.807, 2.05) is 4.72 Å². The molecule has 13 heteroatoms. The van der Waals surface area contributed by atoms with Gasteiger partial charge in [0.25, 0.3) is 15.9 Å². The quantitative estimate of drug-likeness (QED) is 0.505. The second-order valence-corrected chi connectivity index (χ2v) is 8.16. The molecule has 0 atom stereocenters. The van der Waals surface area contributed by atoms with E-state index in [2.05, 4.69) is 14.5 Å². The standard InChI is InChI=1S/C21H15F3N2O7S/c1-31-20(28)33-18-10-5-13(12-25-18)19(27)26-34(29,30)17-8-6-15(7-9-17)32-16-4-2-3-14(11-16)21(22,23)24/h2-12H,1H3,(H,26,27). The van der Waals surface area contributed by atoms with Gasteiger partial charge in [-0.25, -0.2) is 22.9 Å². The molecule has 3 rings (SSSR count). The van der Waals surface area contributed by atoms with Crippen molar-refractivity contribution >= 4 is 22.1 Å². The van der Waals surface area contributed by atoms with Crippen molar-refractivity contribution in [3.8, 4) is 17.4 Å². The molecule has 0 spiro atoms. The highest BCUT2D eigenvalue weighted by molar-refractivity contribution is 7.90. The lowest BCUT2D eigenvalue weighted by Crippen LogP contribution is -2.30. The minimum atomic E-state index is -4.54. The predicted octanol–water partition coefficient (Wildman–Crippen LogP) is 4.16. The summed E-state index contributed by atoms with van der Waals surface area (Å²) in [5, 5.41) is 0. The fourth-order valence-electron chi connectivity index (χ4n) is 2.50. The van der Waals surface area contributed by atoms with E-state index in [0.717, 1.165) is 37.6 Å². The number of nitrogens with one attached hydrogen (secondary N) is 1. The van der Waals surface area contributed by atoms with E-state index in [9.17, 15) is 31.2 Å². The minimum Gasteiger partial charge on any atom is -0.457 e. The molecule has 0 aliphatic carbocycles. The lowest BCUT2D eigenvalue weighted by atomic mass is 10.2. The number of aromatic nitrogens is 1. The number of hydrogen-bond acceptors (Lipinski definition) is 8. The number of pyridine rings is 1. The van der Waals surface area contributed by atoms with Crippen LogP contribution in [0.5, 0.6) is 17.4 Å². The first-order valence-corrected chi connectivity index (χ1v) is 10.7. The number of alkyl halides is 3. The summed E-state index contributed by atoms with van der Waals surface area (Å²) in [5.41, 5.74) is -1.03. The average molecular weight is 496 g/mol. The Hall–Kier alpha value is -4.13. The number of ether oxygens (including phenoxy) is 3. The lowest BCUT2D eigenvalue weighted by molar-refractivity contribution is -0.137. The van der Waals surface area contributed by atoms with E-state index >= 15 is 0 Å². The van der Waals surface area contributed by atoms with E-state index in [1.54, 1.807) is 0 Å². The number of nitrogens with zero attached hydrogens (tertiary/aromatic N) is 1. The summed E-state index contributed by atoms with van der Waals surface area (Å²) in [7, 11) is -3.20. The van der Waals surface area contributed by atoms with Gasteiger partial charge in [0.1, 0.15) is 11.5 Å². The van der Waals surface area contributed by atoms with E-state index in [4.69, 9.17) is 4.74 Å². The Kier molecular flexibility index (Phi) is 7.05.